The normalized spacial score (nSPS) is 20.7. The molecule has 2 fully saturated rings. The van der Waals surface area contributed by atoms with Gasteiger partial charge in [-0.25, -0.2) is 9.97 Å². The fraction of sp³-hybridized carbons (Fsp3) is 0.368. The van der Waals surface area contributed by atoms with Crippen LogP contribution in [0, 0.1) is 0 Å². The van der Waals surface area contributed by atoms with Gasteiger partial charge in [0.1, 0.15) is 5.65 Å². The zero-order valence-corrected chi connectivity index (χ0v) is 18.0. The highest BCUT2D eigenvalue weighted by Crippen LogP contribution is 2.26. The predicted octanol–water partition coefficient (Wildman–Crippen LogP) is 2.12. The quantitative estimate of drug-likeness (QED) is 0.581. The molecule has 0 saturated carbocycles. The summed E-state index contributed by atoms with van der Waals surface area (Å²) < 4.78 is 2.88. The molecule has 8 nitrogen and oxygen atoms in total. The topological polar surface area (TPSA) is 74.1 Å². The van der Waals surface area contributed by atoms with Gasteiger partial charge in [-0.05, 0) is 28.1 Å². The average molecular weight is 475 g/mol. The monoisotopic (exact) mass is 474 g/mol. The summed E-state index contributed by atoms with van der Waals surface area (Å²) in [6.45, 7) is 3.48. The smallest absolute Gasteiger partial charge is 0.282 e. The number of hydrogen-bond acceptors (Lipinski definition) is 6. The number of hydrogen-bond donors (Lipinski definition) is 0. The third-order valence-electron chi connectivity index (χ3n) is 5.52. The minimum Gasteiger partial charge on any atom is -0.334 e. The lowest BCUT2D eigenvalue weighted by Gasteiger charge is -2.37. The average Bonchev–Trinajstić information content (AvgIpc) is 3.46. The molecule has 3 aromatic heterocycles. The van der Waals surface area contributed by atoms with Gasteiger partial charge in [-0.2, -0.15) is 0 Å². The summed E-state index contributed by atoms with van der Waals surface area (Å²) >= 11 is 4.83. The Morgan fingerprint density at radius 1 is 1.17 bits per heavy atom. The maximum atomic E-state index is 12.7. The molecule has 3 aromatic rings. The van der Waals surface area contributed by atoms with Gasteiger partial charge in [0.15, 0.2) is 10.8 Å². The third-order valence-corrected chi connectivity index (χ3v) is 6.75. The van der Waals surface area contributed by atoms with Gasteiger partial charge in [0.2, 0.25) is 5.91 Å². The molecular formula is C19H19BrN6O2S. The first-order chi connectivity index (χ1) is 14.1. The number of pyridine rings is 1. The first-order valence-electron chi connectivity index (χ1n) is 9.46. The van der Waals surface area contributed by atoms with E-state index in [9.17, 15) is 9.59 Å². The molecule has 0 spiro atoms. The molecule has 0 N–H and O–H groups in total. The van der Waals surface area contributed by atoms with E-state index in [0.29, 0.717) is 36.9 Å². The maximum absolute atomic E-state index is 12.7. The molecule has 2 aliphatic rings. The van der Waals surface area contributed by atoms with Gasteiger partial charge in [-0.3, -0.25) is 19.4 Å². The Kier molecular flexibility index (Phi) is 4.84. The fourth-order valence-electron chi connectivity index (χ4n) is 3.99. The minimum atomic E-state index is -0.000337. The number of rotatable bonds is 3. The van der Waals surface area contributed by atoms with E-state index in [1.165, 1.54) is 11.3 Å². The molecule has 2 aliphatic heterocycles. The lowest BCUT2D eigenvalue weighted by Crippen LogP contribution is -2.52. The second-order valence-corrected chi connectivity index (χ2v) is 9.05. The first-order valence-corrected chi connectivity index (χ1v) is 11.1. The summed E-state index contributed by atoms with van der Waals surface area (Å²) in [5, 5.41) is 2.36. The molecule has 5 heterocycles. The van der Waals surface area contributed by atoms with Crippen molar-refractivity contribution in [2.45, 2.75) is 12.5 Å². The maximum Gasteiger partial charge on any atom is 0.282 e. The Morgan fingerprint density at radius 2 is 2.00 bits per heavy atom. The molecule has 0 radical (unpaired) electrons. The second-order valence-electron chi connectivity index (χ2n) is 7.24. The second kappa shape index (κ2) is 7.51. The van der Waals surface area contributed by atoms with Gasteiger partial charge in [-0.15, -0.1) is 11.3 Å². The van der Waals surface area contributed by atoms with Crippen molar-refractivity contribution in [3.63, 3.8) is 0 Å². The molecule has 29 heavy (non-hydrogen) atoms. The van der Waals surface area contributed by atoms with Gasteiger partial charge in [0, 0.05) is 67.4 Å². The summed E-state index contributed by atoms with van der Waals surface area (Å²) in [7, 11) is 0. The molecule has 150 valence electrons. The van der Waals surface area contributed by atoms with E-state index in [2.05, 4.69) is 30.8 Å². The van der Waals surface area contributed by atoms with Crippen molar-refractivity contribution in [2.24, 2.45) is 0 Å². The van der Waals surface area contributed by atoms with Gasteiger partial charge in [0.25, 0.3) is 5.91 Å². The summed E-state index contributed by atoms with van der Waals surface area (Å²) in [5.74, 6) is 0.784. The van der Waals surface area contributed by atoms with Gasteiger partial charge >= 0.3 is 0 Å². The highest BCUT2D eigenvalue weighted by atomic mass is 79.9. The van der Waals surface area contributed by atoms with E-state index < -0.39 is 0 Å². The summed E-state index contributed by atoms with van der Waals surface area (Å²) in [5.41, 5.74) is 0.814. The number of amides is 2. The molecular weight excluding hydrogens is 456 g/mol. The molecule has 2 amide bonds. The molecule has 0 bridgehead atoms. The van der Waals surface area contributed by atoms with Crippen molar-refractivity contribution in [3.8, 4) is 0 Å². The van der Waals surface area contributed by atoms with Crippen LogP contribution in [-0.4, -0.2) is 74.7 Å². The van der Waals surface area contributed by atoms with Gasteiger partial charge in [0.05, 0.1) is 6.20 Å². The number of anilines is 1. The van der Waals surface area contributed by atoms with Crippen molar-refractivity contribution in [1.29, 1.82) is 0 Å². The van der Waals surface area contributed by atoms with Crippen LogP contribution >= 0.6 is 27.3 Å². The van der Waals surface area contributed by atoms with Crippen LogP contribution in [0.1, 0.15) is 16.2 Å². The number of halogens is 1. The number of carbonyl (C=O) groups is 2. The van der Waals surface area contributed by atoms with Crippen LogP contribution in [-0.2, 0) is 4.79 Å². The molecule has 1 unspecified atom stereocenters. The molecule has 2 saturated heterocycles. The summed E-state index contributed by atoms with van der Waals surface area (Å²) in [6.07, 6.45) is 5.97. The zero-order chi connectivity index (χ0) is 20.0. The Morgan fingerprint density at radius 3 is 2.76 bits per heavy atom. The Bertz CT molecular complexity index is 1060. The number of carbonyl (C=O) groups excluding carboxylic acids is 2. The minimum absolute atomic E-state index is 0.000337. The number of thiazole rings is 1. The summed E-state index contributed by atoms with van der Waals surface area (Å²) in [6, 6.07) is 4.01. The Labute approximate surface area is 179 Å². The molecule has 0 aliphatic carbocycles. The van der Waals surface area contributed by atoms with E-state index in [0.717, 1.165) is 23.2 Å². The van der Waals surface area contributed by atoms with E-state index in [1.807, 2.05) is 39.2 Å². The SMILES string of the molecule is O=C(c1nccs1)N1CCN(C2CC(=O)N(c3cn4cc(Br)ccc4n3)C2)CC1. The van der Waals surface area contributed by atoms with Crippen LogP contribution < -0.4 is 4.90 Å². The lowest BCUT2D eigenvalue weighted by molar-refractivity contribution is -0.117. The van der Waals surface area contributed by atoms with E-state index in [-0.39, 0.29) is 17.9 Å². The number of imidazole rings is 1. The number of aromatic nitrogens is 3. The van der Waals surface area contributed by atoms with Crippen molar-refractivity contribution >= 4 is 50.5 Å². The highest BCUT2D eigenvalue weighted by Gasteiger charge is 2.37. The standard InChI is InChI=1S/C19H19BrN6O2S/c20-13-1-2-15-22-16(12-25(15)10-13)26-11-14(9-17(26)27)23-4-6-24(7-5-23)19(28)18-21-3-8-29-18/h1-3,8,10,12,14H,4-7,9,11H2. The number of piperazine rings is 1. The van der Waals surface area contributed by atoms with Crippen LogP contribution in [0.15, 0.2) is 40.6 Å². The Balaban J connectivity index is 1.24. The van der Waals surface area contributed by atoms with Crippen LogP contribution in [0.5, 0.6) is 0 Å². The molecule has 1 atom stereocenters. The van der Waals surface area contributed by atoms with E-state index in [4.69, 9.17) is 0 Å². The van der Waals surface area contributed by atoms with E-state index >= 15 is 0 Å². The van der Waals surface area contributed by atoms with Crippen LogP contribution in [0.25, 0.3) is 5.65 Å². The molecule has 10 heteroatoms. The Hall–Kier alpha value is -2.30. The first kappa shape index (κ1) is 18.7. The predicted molar refractivity (Wildman–Crippen MR) is 113 cm³/mol. The van der Waals surface area contributed by atoms with Crippen molar-refractivity contribution < 1.29 is 9.59 Å². The summed E-state index contributed by atoms with van der Waals surface area (Å²) in [4.78, 5) is 39.8. The fourth-order valence-corrected chi connectivity index (χ4v) is 4.95. The largest absolute Gasteiger partial charge is 0.334 e. The van der Waals surface area contributed by atoms with Gasteiger partial charge < -0.3 is 9.30 Å². The number of nitrogens with zero attached hydrogens (tertiary/aromatic N) is 6. The molecule has 0 aromatic carbocycles. The molecule has 5 rings (SSSR count). The number of fused-ring (bicyclic) bond motifs is 1. The zero-order valence-electron chi connectivity index (χ0n) is 15.6. The van der Waals surface area contributed by atoms with Crippen LogP contribution in [0.3, 0.4) is 0 Å². The van der Waals surface area contributed by atoms with E-state index in [1.54, 1.807) is 11.1 Å². The third kappa shape index (κ3) is 3.56. The highest BCUT2D eigenvalue weighted by molar-refractivity contribution is 9.10. The lowest BCUT2D eigenvalue weighted by atomic mass is 10.2. The van der Waals surface area contributed by atoms with Crippen molar-refractivity contribution in [1.82, 2.24) is 24.2 Å². The van der Waals surface area contributed by atoms with Gasteiger partial charge in [-0.1, -0.05) is 0 Å². The van der Waals surface area contributed by atoms with Crippen molar-refractivity contribution in [2.75, 3.05) is 37.6 Å². The van der Waals surface area contributed by atoms with Crippen LogP contribution in [0.2, 0.25) is 0 Å². The van der Waals surface area contributed by atoms with Crippen LogP contribution in [0.4, 0.5) is 5.82 Å². The van der Waals surface area contributed by atoms with Crippen molar-refractivity contribution in [3.05, 3.63) is 45.6 Å².